The van der Waals surface area contributed by atoms with Crippen LogP contribution in [-0.2, 0) is 20.6 Å². The highest BCUT2D eigenvalue weighted by Crippen LogP contribution is 2.24. The molecule has 1 amide bonds. The Morgan fingerprint density at radius 3 is 2.60 bits per heavy atom. The van der Waals surface area contributed by atoms with Crippen molar-refractivity contribution in [2.75, 3.05) is 13.1 Å². The molecule has 2 atom stereocenters. The topological polar surface area (TPSA) is 66.5 Å². The highest BCUT2D eigenvalue weighted by atomic mass is 35.5. The standard InChI is InChI=1S/C23H29ClN2O3S/c1-16-6-7-17(2)22(13-16)18(3)25-23(27)20-5-4-12-26(14-20)30(28,29)15-19-8-10-21(24)11-9-19/h6-11,13,18,20H,4-5,12,14-15H2,1-3H3,(H,25,27)/t18-,20-/m0/s1. The molecule has 3 rings (SSSR count). The zero-order valence-electron chi connectivity index (χ0n) is 17.7. The van der Waals surface area contributed by atoms with Gasteiger partial charge in [-0.3, -0.25) is 4.79 Å². The molecule has 162 valence electrons. The Bertz CT molecular complexity index is 1010. The number of rotatable bonds is 6. The van der Waals surface area contributed by atoms with Crippen molar-refractivity contribution < 1.29 is 13.2 Å². The first kappa shape index (κ1) is 22.8. The van der Waals surface area contributed by atoms with Crippen LogP contribution < -0.4 is 5.32 Å². The highest BCUT2D eigenvalue weighted by molar-refractivity contribution is 7.88. The SMILES string of the molecule is Cc1ccc(C)c([C@H](C)NC(=O)[C@H]2CCCN(S(=O)(=O)Cc3ccc(Cl)cc3)C2)c1. The van der Waals surface area contributed by atoms with E-state index >= 15 is 0 Å². The third kappa shape index (κ3) is 5.62. The lowest BCUT2D eigenvalue weighted by Gasteiger charge is -2.32. The van der Waals surface area contributed by atoms with Gasteiger partial charge >= 0.3 is 0 Å². The molecule has 0 saturated carbocycles. The third-order valence-corrected chi connectivity index (χ3v) is 7.74. The summed E-state index contributed by atoms with van der Waals surface area (Å²) in [4.78, 5) is 12.9. The number of nitrogens with zero attached hydrogens (tertiary/aromatic N) is 1. The quantitative estimate of drug-likeness (QED) is 0.713. The predicted octanol–water partition coefficient (Wildman–Crippen LogP) is 4.38. The van der Waals surface area contributed by atoms with Gasteiger partial charge in [-0.2, -0.15) is 0 Å². The molecule has 1 heterocycles. The van der Waals surface area contributed by atoms with E-state index in [0.29, 0.717) is 30.0 Å². The Kier molecular flexibility index (Phi) is 7.22. The molecule has 1 N–H and O–H groups in total. The summed E-state index contributed by atoms with van der Waals surface area (Å²) in [5.41, 5.74) is 4.05. The van der Waals surface area contributed by atoms with Crippen LogP contribution in [0.1, 0.15) is 48.1 Å². The van der Waals surface area contributed by atoms with Crippen LogP contribution in [0.15, 0.2) is 42.5 Å². The molecular formula is C23H29ClN2O3S. The number of hydrogen-bond acceptors (Lipinski definition) is 3. The number of nitrogens with one attached hydrogen (secondary N) is 1. The fraction of sp³-hybridized carbons (Fsp3) is 0.435. The third-order valence-electron chi connectivity index (χ3n) is 5.67. The molecule has 1 aliphatic rings. The first-order valence-corrected chi connectivity index (χ1v) is 12.2. The molecule has 1 saturated heterocycles. The molecule has 0 bridgehead atoms. The summed E-state index contributed by atoms with van der Waals surface area (Å²) in [7, 11) is -3.50. The normalized spacial score (nSPS) is 18.7. The number of carbonyl (C=O) groups is 1. The van der Waals surface area contributed by atoms with Gasteiger partial charge in [-0.05, 0) is 62.4 Å². The molecule has 0 aromatic heterocycles. The summed E-state index contributed by atoms with van der Waals surface area (Å²) >= 11 is 5.89. The Morgan fingerprint density at radius 1 is 1.20 bits per heavy atom. The van der Waals surface area contributed by atoms with E-state index in [1.807, 2.05) is 20.8 Å². The molecule has 1 aliphatic heterocycles. The zero-order chi connectivity index (χ0) is 21.9. The van der Waals surface area contributed by atoms with Gasteiger partial charge in [0, 0.05) is 18.1 Å². The lowest BCUT2D eigenvalue weighted by molar-refractivity contribution is -0.126. The first-order valence-electron chi connectivity index (χ1n) is 10.3. The Morgan fingerprint density at radius 2 is 1.90 bits per heavy atom. The number of halogens is 1. The molecule has 0 aliphatic carbocycles. The van der Waals surface area contributed by atoms with Gasteiger partial charge in [0.2, 0.25) is 15.9 Å². The van der Waals surface area contributed by atoms with Crippen LogP contribution in [0.3, 0.4) is 0 Å². The number of sulfonamides is 1. The predicted molar refractivity (Wildman–Crippen MR) is 121 cm³/mol. The second kappa shape index (κ2) is 9.50. The monoisotopic (exact) mass is 448 g/mol. The van der Waals surface area contributed by atoms with Crippen LogP contribution >= 0.6 is 11.6 Å². The highest BCUT2D eigenvalue weighted by Gasteiger charge is 2.33. The number of carbonyl (C=O) groups excluding carboxylic acids is 1. The van der Waals surface area contributed by atoms with Crippen molar-refractivity contribution in [3.05, 3.63) is 69.7 Å². The number of piperidine rings is 1. The van der Waals surface area contributed by atoms with Crippen molar-refractivity contribution in [1.29, 1.82) is 0 Å². The van der Waals surface area contributed by atoms with Gasteiger partial charge in [0.15, 0.2) is 0 Å². The van der Waals surface area contributed by atoms with E-state index < -0.39 is 10.0 Å². The van der Waals surface area contributed by atoms with Crippen LogP contribution in [0.25, 0.3) is 0 Å². The van der Waals surface area contributed by atoms with Crippen molar-refractivity contribution in [3.63, 3.8) is 0 Å². The van der Waals surface area contributed by atoms with Crippen LogP contribution in [-0.4, -0.2) is 31.7 Å². The number of amides is 1. The van der Waals surface area contributed by atoms with E-state index in [2.05, 4.69) is 23.5 Å². The second-order valence-corrected chi connectivity index (χ2v) is 10.6. The number of aryl methyl sites for hydroxylation is 2. The second-order valence-electron chi connectivity index (χ2n) is 8.17. The van der Waals surface area contributed by atoms with E-state index in [1.165, 1.54) is 4.31 Å². The maximum Gasteiger partial charge on any atom is 0.224 e. The van der Waals surface area contributed by atoms with Crippen molar-refractivity contribution in [2.45, 2.75) is 45.4 Å². The molecule has 5 nitrogen and oxygen atoms in total. The molecule has 1 fully saturated rings. The molecule has 30 heavy (non-hydrogen) atoms. The maximum absolute atomic E-state index is 12.9. The summed E-state index contributed by atoms with van der Waals surface area (Å²) in [5, 5.41) is 3.66. The Balaban J connectivity index is 1.65. The minimum Gasteiger partial charge on any atom is -0.349 e. The zero-order valence-corrected chi connectivity index (χ0v) is 19.3. The maximum atomic E-state index is 12.9. The van der Waals surface area contributed by atoms with Gasteiger partial charge in [0.1, 0.15) is 0 Å². The van der Waals surface area contributed by atoms with Crippen molar-refractivity contribution >= 4 is 27.5 Å². The smallest absolute Gasteiger partial charge is 0.224 e. The van der Waals surface area contributed by atoms with Gasteiger partial charge in [-0.15, -0.1) is 0 Å². The first-order chi connectivity index (χ1) is 14.2. The Hall–Kier alpha value is -1.89. The van der Waals surface area contributed by atoms with E-state index in [4.69, 9.17) is 11.6 Å². The Labute approximate surface area is 184 Å². The van der Waals surface area contributed by atoms with Gasteiger partial charge in [0.05, 0.1) is 17.7 Å². The van der Waals surface area contributed by atoms with Crippen LogP contribution in [0.5, 0.6) is 0 Å². The van der Waals surface area contributed by atoms with E-state index in [-0.39, 0.29) is 30.2 Å². The van der Waals surface area contributed by atoms with Crippen molar-refractivity contribution in [3.8, 4) is 0 Å². The van der Waals surface area contributed by atoms with E-state index in [0.717, 1.165) is 16.7 Å². The number of benzene rings is 2. The van der Waals surface area contributed by atoms with Gasteiger partial charge in [0.25, 0.3) is 0 Å². The molecule has 0 spiro atoms. The molecular weight excluding hydrogens is 420 g/mol. The summed E-state index contributed by atoms with van der Waals surface area (Å²) in [6.07, 6.45) is 1.37. The van der Waals surface area contributed by atoms with Gasteiger partial charge in [-0.1, -0.05) is 47.5 Å². The van der Waals surface area contributed by atoms with Gasteiger partial charge < -0.3 is 5.32 Å². The molecule has 0 unspecified atom stereocenters. The minimum atomic E-state index is -3.50. The molecule has 2 aromatic carbocycles. The van der Waals surface area contributed by atoms with Crippen LogP contribution in [0.2, 0.25) is 5.02 Å². The summed E-state index contributed by atoms with van der Waals surface area (Å²) in [6.45, 7) is 6.70. The molecule has 0 radical (unpaired) electrons. The average molecular weight is 449 g/mol. The molecule has 7 heteroatoms. The molecule has 2 aromatic rings. The van der Waals surface area contributed by atoms with E-state index in [9.17, 15) is 13.2 Å². The van der Waals surface area contributed by atoms with Gasteiger partial charge in [-0.25, -0.2) is 12.7 Å². The van der Waals surface area contributed by atoms with Crippen LogP contribution in [0, 0.1) is 19.8 Å². The summed E-state index contributed by atoms with van der Waals surface area (Å²) < 4.78 is 27.2. The minimum absolute atomic E-state index is 0.0859. The van der Waals surface area contributed by atoms with Crippen LogP contribution in [0.4, 0.5) is 0 Å². The summed E-state index contributed by atoms with van der Waals surface area (Å²) in [6, 6.07) is 12.9. The average Bonchev–Trinajstić information content (AvgIpc) is 2.71. The van der Waals surface area contributed by atoms with Crippen molar-refractivity contribution in [2.24, 2.45) is 5.92 Å². The summed E-state index contributed by atoms with van der Waals surface area (Å²) in [5.74, 6) is -0.515. The van der Waals surface area contributed by atoms with Crippen molar-refractivity contribution in [1.82, 2.24) is 9.62 Å². The number of hydrogen-bond donors (Lipinski definition) is 1. The largest absolute Gasteiger partial charge is 0.349 e. The lowest BCUT2D eigenvalue weighted by atomic mass is 9.96. The fourth-order valence-electron chi connectivity index (χ4n) is 3.93. The fourth-order valence-corrected chi connectivity index (χ4v) is 5.66. The lowest BCUT2D eigenvalue weighted by Crippen LogP contribution is -2.46. The van der Waals surface area contributed by atoms with E-state index in [1.54, 1.807) is 24.3 Å².